The Bertz CT molecular complexity index is 1090. The van der Waals surface area contributed by atoms with Gasteiger partial charge in [0.15, 0.2) is 5.82 Å². The number of nitrogens with one attached hydrogen (secondary N) is 1. The molecule has 8 heteroatoms. The van der Waals surface area contributed by atoms with Gasteiger partial charge in [-0.2, -0.15) is 0 Å². The predicted molar refractivity (Wildman–Crippen MR) is 125 cm³/mol. The van der Waals surface area contributed by atoms with Crippen molar-refractivity contribution < 1.29 is 14.3 Å². The molecule has 0 bridgehead atoms. The second-order valence-electron chi connectivity index (χ2n) is 9.47. The monoisotopic (exact) mass is 463 g/mol. The van der Waals surface area contributed by atoms with Crippen molar-refractivity contribution in [1.29, 1.82) is 0 Å². The molecule has 2 N–H and O–H groups in total. The van der Waals surface area contributed by atoms with Crippen molar-refractivity contribution in [2.45, 2.75) is 63.8 Å². The maximum Gasteiger partial charge on any atom is 0.341 e. The number of halogens is 2. The van der Waals surface area contributed by atoms with Crippen molar-refractivity contribution in [3.63, 3.8) is 0 Å². The van der Waals surface area contributed by atoms with Gasteiger partial charge in [0.25, 0.3) is 5.56 Å². The smallest absolute Gasteiger partial charge is 0.341 e. The molecule has 1 aliphatic carbocycles. The van der Waals surface area contributed by atoms with E-state index in [1.165, 1.54) is 35.9 Å². The molecular weight excluding hydrogens is 433 g/mol. The Morgan fingerprint density at radius 1 is 1.19 bits per heavy atom. The molecule has 3 aliphatic rings. The molecule has 2 aromatic rings. The molecule has 174 valence electrons. The molecule has 3 fully saturated rings. The third-order valence-corrected chi connectivity index (χ3v) is 7.38. The lowest BCUT2D eigenvalue weighted by Crippen LogP contribution is -2.48. The fourth-order valence-electron chi connectivity index (χ4n) is 5.71. The summed E-state index contributed by atoms with van der Waals surface area (Å²) in [7, 11) is 0. The molecule has 6 nitrogen and oxygen atoms in total. The fraction of sp³-hybridized carbons (Fsp3) is 0.583. The van der Waals surface area contributed by atoms with Gasteiger partial charge < -0.3 is 15.3 Å². The number of aromatic carboxylic acids is 1. The fourth-order valence-corrected chi connectivity index (χ4v) is 5.71. The Kier molecular flexibility index (Phi) is 6.50. The summed E-state index contributed by atoms with van der Waals surface area (Å²) in [4.78, 5) is 26.6. The Balaban J connectivity index is 0.00000245. The molecule has 2 atom stereocenters. The maximum absolute atomic E-state index is 15.4. The SMILES string of the molecule is Cc1c(N2CCCC(C3CCCCN3)C2)c(F)cn2c(=O)c(C(=O)O)cc(C3CC3)c12.Cl. The molecule has 2 unspecified atom stereocenters. The number of carboxylic acids is 1. The normalized spacial score (nSPS) is 23.8. The van der Waals surface area contributed by atoms with Gasteiger partial charge in [-0.05, 0) is 81.0 Å². The number of pyridine rings is 2. The first-order valence-electron chi connectivity index (χ1n) is 11.6. The van der Waals surface area contributed by atoms with E-state index in [0.29, 0.717) is 23.2 Å². The van der Waals surface area contributed by atoms with Crippen LogP contribution in [0.2, 0.25) is 0 Å². The Hall–Kier alpha value is -2.12. The Morgan fingerprint density at radius 2 is 1.97 bits per heavy atom. The summed E-state index contributed by atoms with van der Waals surface area (Å²) in [5, 5.41) is 13.1. The predicted octanol–water partition coefficient (Wildman–Crippen LogP) is 4.10. The number of nitrogens with zero attached hydrogens (tertiary/aromatic N) is 2. The molecule has 2 saturated heterocycles. The molecule has 4 heterocycles. The van der Waals surface area contributed by atoms with Crippen LogP contribution >= 0.6 is 12.4 Å². The number of hydrogen-bond acceptors (Lipinski definition) is 4. The average molecular weight is 464 g/mol. The molecule has 0 amide bonds. The van der Waals surface area contributed by atoms with Gasteiger partial charge in [0.05, 0.1) is 17.4 Å². The van der Waals surface area contributed by atoms with Crippen LogP contribution in [0.5, 0.6) is 0 Å². The van der Waals surface area contributed by atoms with Crippen molar-refractivity contribution in [1.82, 2.24) is 9.72 Å². The zero-order valence-corrected chi connectivity index (χ0v) is 19.2. The van der Waals surface area contributed by atoms with Crippen LogP contribution in [0.25, 0.3) is 5.52 Å². The molecule has 0 radical (unpaired) electrons. The van der Waals surface area contributed by atoms with Crippen LogP contribution < -0.4 is 15.8 Å². The molecule has 2 aromatic heterocycles. The molecule has 2 aliphatic heterocycles. The molecular formula is C24H31ClFN3O3. The molecule has 32 heavy (non-hydrogen) atoms. The minimum absolute atomic E-state index is 0. The van der Waals surface area contributed by atoms with Crippen LogP contribution in [-0.2, 0) is 0 Å². The minimum atomic E-state index is -1.26. The highest BCUT2D eigenvalue weighted by Crippen LogP contribution is 2.44. The average Bonchev–Trinajstić information content (AvgIpc) is 3.60. The van der Waals surface area contributed by atoms with Crippen LogP contribution in [-0.4, -0.2) is 41.2 Å². The van der Waals surface area contributed by atoms with Crippen molar-refractivity contribution in [2.24, 2.45) is 5.92 Å². The van der Waals surface area contributed by atoms with E-state index in [0.717, 1.165) is 56.4 Å². The van der Waals surface area contributed by atoms with Gasteiger partial charge >= 0.3 is 5.97 Å². The van der Waals surface area contributed by atoms with Crippen LogP contribution in [0.3, 0.4) is 0 Å². The van der Waals surface area contributed by atoms with Crippen molar-refractivity contribution in [3.8, 4) is 0 Å². The van der Waals surface area contributed by atoms with Crippen molar-refractivity contribution >= 4 is 29.6 Å². The summed E-state index contributed by atoms with van der Waals surface area (Å²) in [6.07, 6.45) is 8.97. The quantitative estimate of drug-likeness (QED) is 0.714. The van der Waals surface area contributed by atoms with E-state index < -0.39 is 17.3 Å². The number of aryl methyl sites for hydroxylation is 1. The number of hydrogen-bond donors (Lipinski definition) is 2. The lowest BCUT2D eigenvalue weighted by Gasteiger charge is -2.40. The number of rotatable bonds is 4. The highest BCUT2D eigenvalue weighted by molar-refractivity contribution is 5.89. The van der Waals surface area contributed by atoms with Crippen LogP contribution in [0, 0.1) is 18.7 Å². The van der Waals surface area contributed by atoms with E-state index in [9.17, 15) is 14.7 Å². The van der Waals surface area contributed by atoms with Gasteiger partial charge in [0, 0.05) is 19.1 Å². The lowest BCUT2D eigenvalue weighted by atomic mass is 9.85. The highest BCUT2D eigenvalue weighted by Gasteiger charge is 2.33. The van der Waals surface area contributed by atoms with E-state index in [1.54, 1.807) is 0 Å². The van der Waals surface area contributed by atoms with Gasteiger partial charge in [-0.3, -0.25) is 9.20 Å². The number of anilines is 1. The van der Waals surface area contributed by atoms with Crippen LogP contribution in [0.15, 0.2) is 17.1 Å². The summed E-state index contributed by atoms with van der Waals surface area (Å²) in [5.41, 5.74) is 1.92. The largest absolute Gasteiger partial charge is 0.477 e. The third kappa shape index (κ3) is 4.01. The topological polar surface area (TPSA) is 74.0 Å². The highest BCUT2D eigenvalue weighted by atomic mass is 35.5. The van der Waals surface area contributed by atoms with Gasteiger partial charge in [-0.15, -0.1) is 12.4 Å². The van der Waals surface area contributed by atoms with E-state index >= 15 is 4.39 Å². The van der Waals surface area contributed by atoms with E-state index in [4.69, 9.17) is 0 Å². The summed E-state index contributed by atoms with van der Waals surface area (Å²) < 4.78 is 16.7. The number of aromatic nitrogens is 1. The van der Waals surface area contributed by atoms with Crippen LogP contribution in [0.1, 0.15) is 72.3 Å². The lowest BCUT2D eigenvalue weighted by molar-refractivity contribution is 0.0694. The van der Waals surface area contributed by atoms with Gasteiger partial charge in [0.2, 0.25) is 0 Å². The van der Waals surface area contributed by atoms with E-state index in [1.807, 2.05) is 6.92 Å². The second kappa shape index (κ2) is 9.02. The van der Waals surface area contributed by atoms with Crippen molar-refractivity contribution in [3.05, 3.63) is 45.1 Å². The second-order valence-corrected chi connectivity index (χ2v) is 9.47. The summed E-state index contributed by atoms with van der Waals surface area (Å²) in [5.74, 6) is -0.981. The number of fused-ring (bicyclic) bond motifs is 1. The third-order valence-electron chi connectivity index (χ3n) is 7.38. The molecule has 5 rings (SSSR count). The minimum Gasteiger partial charge on any atom is -0.477 e. The first-order chi connectivity index (χ1) is 15.0. The van der Waals surface area contributed by atoms with E-state index in [-0.39, 0.29) is 23.9 Å². The van der Waals surface area contributed by atoms with Crippen molar-refractivity contribution in [2.75, 3.05) is 24.5 Å². The zero-order chi connectivity index (χ0) is 21.7. The van der Waals surface area contributed by atoms with Gasteiger partial charge in [-0.1, -0.05) is 6.42 Å². The summed E-state index contributed by atoms with van der Waals surface area (Å²) in [6.45, 7) is 4.54. The Morgan fingerprint density at radius 3 is 2.62 bits per heavy atom. The maximum atomic E-state index is 15.4. The summed E-state index contributed by atoms with van der Waals surface area (Å²) >= 11 is 0. The molecule has 1 saturated carbocycles. The van der Waals surface area contributed by atoms with Gasteiger partial charge in [0.1, 0.15) is 5.56 Å². The van der Waals surface area contributed by atoms with E-state index in [2.05, 4.69) is 10.2 Å². The number of piperidine rings is 2. The zero-order valence-electron chi connectivity index (χ0n) is 18.4. The number of carbonyl (C=O) groups is 1. The molecule has 0 spiro atoms. The van der Waals surface area contributed by atoms with Crippen LogP contribution in [0.4, 0.5) is 10.1 Å². The Labute approximate surface area is 193 Å². The molecule has 0 aromatic carbocycles. The van der Waals surface area contributed by atoms with Gasteiger partial charge in [-0.25, -0.2) is 9.18 Å². The first kappa shape index (κ1) is 23.1. The first-order valence-corrected chi connectivity index (χ1v) is 11.6. The standard InChI is InChI=1S/C24H30FN3O3.ClH/c1-14-21-17(15-7-8-15)11-18(24(30)31)23(29)28(21)13-19(25)22(14)27-10-4-5-16(12-27)20-6-2-3-9-26-20;/h11,13,15-16,20,26H,2-10,12H2,1H3,(H,30,31);1H. The summed E-state index contributed by atoms with van der Waals surface area (Å²) in [6, 6.07) is 2.01. The number of carboxylic acid groups (broad SMARTS) is 1.